The normalized spacial score (nSPS) is 17.2. The summed E-state index contributed by atoms with van der Waals surface area (Å²) < 4.78 is 13.0. The number of nitrogens with zero attached hydrogens (tertiary/aromatic N) is 3. The zero-order chi connectivity index (χ0) is 20.1. The lowest BCUT2D eigenvalue weighted by Gasteiger charge is -2.35. The SMILES string of the molecule is CNC(=O)c1cnc(C)nc1[C@@H]1CCCCN1CC(=O)Nc1ccc(F)cc1. The molecule has 2 amide bonds. The molecular formula is C20H24FN5O2. The van der Waals surface area contributed by atoms with E-state index in [9.17, 15) is 14.0 Å². The number of halogens is 1. The van der Waals surface area contributed by atoms with Crippen molar-refractivity contribution in [1.29, 1.82) is 0 Å². The van der Waals surface area contributed by atoms with Crippen molar-refractivity contribution in [1.82, 2.24) is 20.2 Å². The molecule has 28 heavy (non-hydrogen) atoms. The van der Waals surface area contributed by atoms with E-state index in [1.807, 2.05) is 4.90 Å². The van der Waals surface area contributed by atoms with Crippen LogP contribution in [0.1, 0.15) is 47.2 Å². The molecule has 8 heteroatoms. The highest BCUT2D eigenvalue weighted by atomic mass is 19.1. The number of hydrogen-bond acceptors (Lipinski definition) is 5. The molecule has 1 saturated heterocycles. The van der Waals surface area contributed by atoms with Crippen LogP contribution in [0.3, 0.4) is 0 Å². The summed E-state index contributed by atoms with van der Waals surface area (Å²) in [5, 5.41) is 5.41. The average Bonchev–Trinajstić information content (AvgIpc) is 2.69. The second-order valence-electron chi connectivity index (χ2n) is 6.83. The first kappa shape index (κ1) is 19.9. The van der Waals surface area contributed by atoms with E-state index in [1.54, 1.807) is 20.2 Å². The van der Waals surface area contributed by atoms with Gasteiger partial charge >= 0.3 is 0 Å². The van der Waals surface area contributed by atoms with Crippen LogP contribution in [0.25, 0.3) is 0 Å². The van der Waals surface area contributed by atoms with Crippen molar-refractivity contribution >= 4 is 17.5 Å². The van der Waals surface area contributed by atoms with Crippen LogP contribution in [0.15, 0.2) is 30.5 Å². The Morgan fingerprint density at radius 1 is 1.25 bits per heavy atom. The van der Waals surface area contributed by atoms with Gasteiger partial charge in [0.1, 0.15) is 11.6 Å². The summed E-state index contributed by atoms with van der Waals surface area (Å²) in [5.41, 5.74) is 1.63. The second-order valence-corrected chi connectivity index (χ2v) is 6.83. The Balaban J connectivity index is 1.79. The first-order valence-corrected chi connectivity index (χ1v) is 9.33. The molecule has 0 bridgehead atoms. The summed E-state index contributed by atoms with van der Waals surface area (Å²) >= 11 is 0. The van der Waals surface area contributed by atoms with Gasteiger partial charge in [-0.25, -0.2) is 14.4 Å². The number of rotatable bonds is 5. The number of aromatic nitrogens is 2. The highest BCUT2D eigenvalue weighted by molar-refractivity contribution is 5.95. The van der Waals surface area contributed by atoms with Crippen LogP contribution in [0.2, 0.25) is 0 Å². The molecule has 1 aromatic carbocycles. The van der Waals surface area contributed by atoms with E-state index in [0.29, 0.717) is 22.8 Å². The molecule has 0 saturated carbocycles. The summed E-state index contributed by atoms with van der Waals surface area (Å²) in [6.45, 7) is 2.68. The zero-order valence-corrected chi connectivity index (χ0v) is 16.0. The quantitative estimate of drug-likeness (QED) is 0.826. The van der Waals surface area contributed by atoms with Crippen LogP contribution in [-0.4, -0.2) is 46.8 Å². The molecular weight excluding hydrogens is 361 g/mol. The van der Waals surface area contributed by atoms with Gasteiger partial charge in [0.15, 0.2) is 0 Å². The Bertz CT molecular complexity index is 856. The monoisotopic (exact) mass is 385 g/mol. The minimum atomic E-state index is -0.352. The average molecular weight is 385 g/mol. The predicted octanol–water partition coefficient (Wildman–Crippen LogP) is 2.45. The maximum atomic E-state index is 13.0. The van der Waals surface area contributed by atoms with Gasteiger partial charge in [-0.15, -0.1) is 0 Å². The lowest BCUT2D eigenvalue weighted by atomic mass is 9.96. The summed E-state index contributed by atoms with van der Waals surface area (Å²) in [5.74, 6) is -0.194. The molecule has 2 heterocycles. The van der Waals surface area contributed by atoms with Gasteiger partial charge in [0.05, 0.1) is 23.8 Å². The maximum Gasteiger partial charge on any atom is 0.254 e. The van der Waals surface area contributed by atoms with Gasteiger partial charge in [-0.3, -0.25) is 14.5 Å². The zero-order valence-electron chi connectivity index (χ0n) is 16.0. The van der Waals surface area contributed by atoms with E-state index in [4.69, 9.17) is 0 Å². The highest BCUT2D eigenvalue weighted by Gasteiger charge is 2.30. The first-order chi connectivity index (χ1) is 13.5. The molecule has 1 aromatic heterocycles. The fraction of sp³-hybridized carbons (Fsp3) is 0.400. The molecule has 0 radical (unpaired) electrons. The lowest BCUT2D eigenvalue weighted by Crippen LogP contribution is -2.40. The van der Waals surface area contributed by atoms with E-state index in [0.717, 1.165) is 25.8 Å². The molecule has 1 aliphatic heterocycles. The summed E-state index contributed by atoms with van der Waals surface area (Å²) in [7, 11) is 1.57. The van der Waals surface area contributed by atoms with Crippen molar-refractivity contribution in [3.63, 3.8) is 0 Å². The van der Waals surface area contributed by atoms with E-state index in [-0.39, 0.29) is 30.2 Å². The third-order valence-electron chi connectivity index (χ3n) is 4.81. The van der Waals surface area contributed by atoms with Crippen molar-refractivity contribution in [2.75, 3.05) is 25.5 Å². The second kappa shape index (κ2) is 8.88. The van der Waals surface area contributed by atoms with Crippen LogP contribution < -0.4 is 10.6 Å². The molecule has 1 atom stereocenters. The molecule has 2 N–H and O–H groups in total. The van der Waals surface area contributed by atoms with E-state index in [1.165, 1.54) is 24.3 Å². The van der Waals surface area contributed by atoms with Gasteiger partial charge in [0.25, 0.3) is 5.91 Å². The Kier molecular flexibility index (Phi) is 6.30. The standard InChI is InChI=1S/C20H24FN5O2/c1-13-23-11-16(20(28)22-2)19(24-13)17-5-3-4-10-26(17)12-18(27)25-15-8-6-14(21)7-9-15/h6-9,11,17H,3-5,10,12H2,1-2H3,(H,22,28)(H,25,27)/t17-/m0/s1. The number of aryl methyl sites for hydroxylation is 1. The van der Waals surface area contributed by atoms with Crippen LogP contribution in [0.4, 0.5) is 10.1 Å². The fourth-order valence-electron chi connectivity index (χ4n) is 3.46. The molecule has 1 aliphatic rings. The maximum absolute atomic E-state index is 13.0. The molecule has 0 aliphatic carbocycles. The number of anilines is 1. The number of likely N-dealkylation sites (tertiary alicyclic amines) is 1. The van der Waals surface area contributed by atoms with Gasteiger partial charge in [0, 0.05) is 18.9 Å². The minimum Gasteiger partial charge on any atom is -0.355 e. The summed E-state index contributed by atoms with van der Waals surface area (Å²) in [4.78, 5) is 35.5. The van der Waals surface area contributed by atoms with Gasteiger partial charge < -0.3 is 10.6 Å². The topological polar surface area (TPSA) is 87.2 Å². The van der Waals surface area contributed by atoms with E-state index < -0.39 is 0 Å². The number of amides is 2. The molecule has 2 aromatic rings. The minimum absolute atomic E-state index is 0.137. The highest BCUT2D eigenvalue weighted by Crippen LogP contribution is 2.31. The third kappa shape index (κ3) is 4.69. The molecule has 3 rings (SSSR count). The van der Waals surface area contributed by atoms with Crippen molar-refractivity contribution < 1.29 is 14.0 Å². The molecule has 0 unspecified atom stereocenters. The van der Waals surface area contributed by atoms with Gasteiger partial charge in [0.2, 0.25) is 5.91 Å². The molecule has 7 nitrogen and oxygen atoms in total. The molecule has 148 valence electrons. The Labute approximate surface area is 163 Å². The van der Waals surface area contributed by atoms with E-state index in [2.05, 4.69) is 20.6 Å². The van der Waals surface area contributed by atoms with Crippen LogP contribution >= 0.6 is 0 Å². The lowest BCUT2D eigenvalue weighted by molar-refractivity contribution is -0.118. The smallest absolute Gasteiger partial charge is 0.254 e. The number of carbonyl (C=O) groups is 2. The molecule has 1 fully saturated rings. The Morgan fingerprint density at radius 2 is 2.00 bits per heavy atom. The van der Waals surface area contributed by atoms with Crippen LogP contribution in [0.5, 0.6) is 0 Å². The fourth-order valence-corrected chi connectivity index (χ4v) is 3.46. The van der Waals surface area contributed by atoms with E-state index >= 15 is 0 Å². The summed E-state index contributed by atoms with van der Waals surface area (Å²) in [6.07, 6.45) is 4.32. The van der Waals surface area contributed by atoms with Crippen molar-refractivity contribution in [2.24, 2.45) is 0 Å². The summed E-state index contributed by atoms with van der Waals surface area (Å²) in [6, 6.07) is 5.52. The largest absolute Gasteiger partial charge is 0.355 e. The van der Waals surface area contributed by atoms with Crippen LogP contribution in [0, 0.1) is 12.7 Å². The number of nitrogens with one attached hydrogen (secondary N) is 2. The predicted molar refractivity (Wildman–Crippen MR) is 103 cm³/mol. The van der Waals surface area contributed by atoms with Crippen molar-refractivity contribution in [3.8, 4) is 0 Å². The van der Waals surface area contributed by atoms with Crippen molar-refractivity contribution in [2.45, 2.75) is 32.2 Å². The van der Waals surface area contributed by atoms with Crippen LogP contribution in [-0.2, 0) is 4.79 Å². The van der Waals surface area contributed by atoms with Gasteiger partial charge in [-0.2, -0.15) is 0 Å². The third-order valence-corrected chi connectivity index (χ3v) is 4.81. The Morgan fingerprint density at radius 3 is 2.71 bits per heavy atom. The number of benzene rings is 1. The van der Waals surface area contributed by atoms with Gasteiger partial charge in [-0.1, -0.05) is 6.42 Å². The number of carbonyl (C=O) groups excluding carboxylic acids is 2. The number of piperidine rings is 1. The Hall–Kier alpha value is -2.87. The first-order valence-electron chi connectivity index (χ1n) is 9.33. The number of hydrogen-bond donors (Lipinski definition) is 2. The van der Waals surface area contributed by atoms with Crippen molar-refractivity contribution in [3.05, 3.63) is 53.4 Å². The molecule has 0 spiro atoms. The van der Waals surface area contributed by atoms with Gasteiger partial charge in [-0.05, 0) is 50.6 Å².